The summed E-state index contributed by atoms with van der Waals surface area (Å²) in [4.78, 5) is 15.7. The number of amides is 1. The predicted molar refractivity (Wildman–Crippen MR) is 72.5 cm³/mol. The second-order valence-corrected chi connectivity index (χ2v) is 3.96. The number of pyridine rings is 1. The van der Waals surface area contributed by atoms with Crippen LogP contribution in [0.3, 0.4) is 0 Å². The van der Waals surface area contributed by atoms with Crippen LogP contribution in [0.1, 0.15) is 5.56 Å². The fourth-order valence-electron chi connectivity index (χ4n) is 1.55. The minimum Gasteiger partial charge on any atom is -0.376 e. The van der Waals surface area contributed by atoms with Crippen LogP contribution in [-0.4, -0.2) is 17.4 Å². The van der Waals surface area contributed by atoms with Gasteiger partial charge in [0.1, 0.15) is 0 Å². The van der Waals surface area contributed by atoms with Crippen LogP contribution >= 0.6 is 0 Å². The average Bonchev–Trinajstić information content (AvgIpc) is 2.40. The Morgan fingerprint density at radius 3 is 2.72 bits per heavy atom. The van der Waals surface area contributed by atoms with Crippen molar-refractivity contribution in [2.45, 2.75) is 6.92 Å². The predicted octanol–water partition coefficient (Wildman–Crippen LogP) is 2.44. The van der Waals surface area contributed by atoms with Crippen molar-refractivity contribution in [2.24, 2.45) is 0 Å². The van der Waals surface area contributed by atoms with Crippen LogP contribution in [0.4, 0.5) is 11.4 Å². The third-order valence-corrected chi connectivity index (χ3v) is 2.52. The van der Waals surface area contributed by atoms with E-state index in [0.29, 0.717) is 0 Å². The van der Waals surface area contributed by atoms with Crippen LogP contribution in [0.5, 0.6) is 0 Å². The monoisotopic (exact) mass is 241 g/mol. The topological polar surface area (TPSA) is 54.0 Å². The van der Waals surface area contributed by atoms with Crippen molar-refractivity contribution in [1.29, 1.82) is 0 Å². The first-order chi connectivity index (χ1) is 8.75. The molecular weight excluding hydrogens is 226 g/mol. The van der Waals surface area contributed by atoms with Gasteiger partial charge in [-0.05, 0) is 30.7 Å². The Balaban J connectivity index is 1.88. The zero-order valence-corrected chi connectivity index (χ0v) is 10.2. The molecule has 0 unspecified atom stereocenters. The molecule has 18 heavy (non-hydrogen) atoms. The van der Waals surface area contributed by atoms with E-state index in [2.05, 4.69) is 15.6 Å². The molecule has 0 fully saturated rings. The van der Waals surface area contributed by atoms with E-state index in [9.17, 15) is 4.79 Å². The minimum atomic E-state index is -0.0758. The Morgan fingerprint density at radius 1 is 1.22 bits per heavy atom. The van der Waals surface area contributed by atoms with Gasteiger partial charge in [0, 0.05) is 23.8 Å². The van der Waals surface area contributed by atoms with E-state index in [0.717, 1.165) is 16.9 Å². The van der Waals surface area contributed by atoms with Gasteiger partial charge in [0.25, 0.3) is 0 Å². The molecule has 0 saturated carbocycles. The van der Waals surface area contributed by atoms with Crippen molar-refractivity contribution in [2.75, 3.05) is 17.2 Å². The molecule has 0 aliphatic carbocycles. The maximum absolute atomic E-state index is 11.7. The van der Waals surface area contributed by atoms with E-state index in [1.807, 2.05) is 37.3 Å². The third kappa shape index (κ3) is 3.31. The largest absolute Gasteiger partial charge is 0.376 e. The van der Waals surface area contributed by atoms with Gasteiger partial charge in [0.15, 0.2) is 0 Å². The number of nitrogens with zero attached hydrogens (tertiary/aromatic N) is 1. The first-order valence-electron chi connectivity index (χ1n) is 5.75. The quantitative estimate of drug-likeness (QED) is 0.864. The van der Waals surface area contributed by atoms with Crippen LogP contribution < -0.4 is 10.6 Å². The molecule has 0 atom stereocenters. The Kier molecular flexibility index (Phi) is 3.91. The lowest BCUT2D eigenvalue weighted by Crippen LogP contribution is -2.22. The summed E-state index contributed by atoms with van der Waals surface area (Å²) >= 11 is 0. The molecule has 2 N–H and O–H groups in total. The number of hydrogen-bond acceptors (Lipinski definition) is 3. The zero-order chi connectivity index (χ0) is 12.8. The summed E-state index contributed by atoms with van der Waals surface area (Å²) in [6, 6.07) is 11.4. The number of nitrogens with one attached hydrogen (secondary N) is 2. The molecule has 4 heteroatoms. The molecule has 2 aromatic rings. The van der Waals surface area contributed by atoms with Crippen molar-refractivity contribution in [3.8, 4) is 0 Å². The lowest BCUT2D eigenvalue weighted by atomic mass is 10.2. The SMILES string of the molecule is Cc1cnccc1NC(=O)CNc1ccccc1. The summed E-state index contributed by atoms with van der Waals surface area (Å²) in [6.45, 7) is 2.15. The lowest BCUT2D eigenvalue weighted by Gasteiger charge is -2.09. The molecule has 1 amide bonds. The number of carbonyl (C=O) groups is 1. The Labute approximate surface area is 106 Å². The van der Waals surface area contributed by atoms with Crippen molar-refractivity contribution < 1.29 is 4.79 Å². The molecule has 0 radical (unpaired) electrons. The maximum atomic E-state index is 11.7. The van der Waals surface area contributed by atoms with Gasteiger partial charge in [0.05, 0.1) is 6.54 Å². The zero-order valence-electron chi connectivity index (χ0n) is 10.2. The van der Waals surface area contributed by atoms with Crippen molar-refractivity contribution in [1.82, 2.24) is 4.98 Å². The van der Waals surface area contributed by atoms with Gasteiger partial charge in [-0.2, -0.15) is 0 Å². The second-order valence-electron chi connectivity index (χ2n) is 3.96. The number of benzene rings is 1. The normalized spacial score (nSPS) is 9.83. The highest BCUT2D eigenvalue weighted by atomic mass is 16.1. The maximum Gasteiger partial charge on any atom is 0.243 e. The molecule has 0 aliphatic rings. The molecule has 0 aliphatic heterocycles. The molecule has 2 rings (SSSR count). The summed E-state index contributed by atoms with van der Waals surface area (Å²) in [7, 11) is 0. The Hall–Kier alpha value is -2.36. The number of carbonyl (C=O) groups excluding carboxylic acids is 1. The van der Waals surface area contributed by atoms with Crippen molar-refractivity contribution in [3.05, 3.63) is 54.4 Å². The van der Waals surface area contributed by atoms with Gasteiger partial charge in [-0.25, -0.2) is 0 Å². The van der Waals surface area contributed by atoms with Gasteiger partial charge in [-0.1, -0.05) is 18.2 Å². The fourth-order valence-corrected chi connectivity index (χ4v) is 1.55. The first-order valence-corrected chi connectivity index (χ1v) is 5.75. The molecule has 0 saturated heterocycles. The summed E-state index contributed by atoms with van der Waals surface area (Å²) < 4.78 is 0. The Bertz CT molecular complexity index is 526. The van der Waals surface area contributed by atoms with E-state index in [-0.39, 0.29) is 12.5 Å². The summed E-state index contributed by atoms with van der Waals surface area (Å²) in [5, 5.41) is 5.90. The van der Waals surface area contributed by atoms with Crippen LogP contribution in [0, 0.1) is 6.92 Å². The third-order valence-electron chi connectivity index (χ3n) is 2.52. The summed E-state index contributed by atoms with van der Waals surface area (Å²) in [5.74, 6) is -0.0758. The summed E-state index contributed by atoms with van der Waals surface area (Å²) in [5.41, 5.74) is 2.68. The molecule has 1 aromatic carbocycles. The van der Waals surface area contributed by atoms with E-state index in [1.165, 1.54) is 0 Å². The number of hydrogen-bond donors (Lipinski definition) is 2. The van der Waals surface area contributed by atoms with E-state index >= 15 is 0 Å². The summed E-state index contributed by atoms with van der Waals surface area (Å²) in [6.07, 6.45) is 3.38. The minimum absolute atomic E-state index is 0.0758. The second kappa shape index (κ2) is 5.82. The number of aromatic nitrogens is 1. The number of para-hydroxylation sites is 1. The highest BCUT2D eigenvalue weighted by Crippen LogP contribution is 2.11. The van der Waals surface area contributed by atoms with Crippen LogP contribution in [0.25, 0.3) is 0 Å². The van der Waals surface area contributed by atoms with Gasteiger partial charge in [0.2, 0.25) is 5.91 Å². The van der Waals surface area contributed by atoms with Crippen LogP contribution in [0.2, 0.25) is 0 Å². The standard InChI is InChI=1S/C14H15N3O/c1-11-9-15-8-7-13(11)17-14(18)10-16-12-5-3-2-4-6-12/h2-9,16H,10H2,1H3,(H,15,17,18). The molecule has 4 nitrogen and oxygen atoms in total. The molecule has 92 valence electrons. The lowest BCUT2D eigenvalue weighted by molar-refractivity contribution is -0.114. The molecule has 0 bridgehead atoms. The molecule has 0 spiro atoms. The van der Waals surface area contributed by atoms with Gasteiger partial charge in [-0.15, -0.1) is 0 Å². The van der Waals surface area contributed by atoms with Gasteiger partial charge < -0.3 is 10.6 Å². The molecular formula is C14H15N3O. The first kappa shape index (κ1) is 12.1. The van der Waals surface area contributed by atoms with Crippen molar-refractivity contribution >= 4 is 17.3 Å². The number of aryl methyl sites for hydroxylation is 1. The fraction of sp³-hybridized carbons (Fsp3) is 0.143. The molecule has 1 aromatic heterocycles. The van der Waals surface area contributed by atoms with E-state index in [1.54, 1.807) is 18.5 Å². The van der Waals surface area contributed by atoms with Crippen LogP contribution in [-0.2, 0) is 4.79 Å². The van der Waals surface area contributed by atoms with Crippen LogP contribution in [0.15, 0.2) is 48.8 Å². The van der Waals surface area contributed by atoms with E-state index < -0.39 is 0 Å². The Morgan fingerprint density at radius 2 is 2.00 bits per heavy atom. The van der Waals surface area contributed by atoms with Gasteiger partial charge >= 0.3 is 0 Å². The van der Waals surface area contributed by atoms with Crippen molar-refractivity contribution in [3.63, 3.8) is 0 Å². The molecule has 1 heterocycles. The average molecular weight is 241 g/mol. The number of rotatable bonds is 4. The highest BCUT2D eigenvalue weighted by molar-refractivity contribution is 5.94. The number of anilines is 2. The smallest absolute Gasteiger partial charge is 0.243 e. The highest BCUT2D eigenvalue weighted by Gasteiger charge is 2.03. The van der Waals surface area contributed by atoms with Gasteiger partial charge in [-0.3, -0.25) is 9.78 Å². The van der Waals surface area contributed by atoms with E-state index in [4.69, 9.17) is 0 Å².